The van der Waals surface area contributed by atoms with Gasteiger partial charge in [0.2, 0.25) is 0 Å². The van der Waals surface area contributed by atoms with Gasteiger partial charge < -0.3 is 15.2 Å². The highest BCUT2D eigenvalue weighted by molar-refractivity contribution is 5.32. The fourth-order valence-electron chi connectivity index (χ4n) is 1.04. The van der Waals surface area contributed by atoms with Gasteiger partial charge in [-0.1, -0.05) is 18.2 Å². The van der Waals surface area contributed by atoms with Crippen molar-refractivity contribution >= 4 is 0 Å². The molecule has 3 nitrogen and oxygen atoms in total. The predicted molar refractivity (Wildman–Crippen MR) is 51.8 cm³/mol. The van der Waals surface area contributed by atoms with Crippen LogP contribution in [0, 0.1) is 0 Å². The Morgan fingerprint density at radius 2 is 2.15 bits per heavy atom. The van der Waals surface area contributed by atoms with E-state index >= 15 is 0 Å². The van der Waals surface area contributed by atoms with Crippen molar-refractivity contribution in [2.75, 3.05) is 20.2 Å². The normalized spacial score (nSPS) is 10.0. The first-order chi connectivity index (χ1) is 6.38. The third kappa shape index (κ3) is 3.05. The molecule has 0 amide bonds. The van der Waals surface area contributed by atoms with E-state index < -0.39 is 0 Å². The molecule has 0 fully saturated rings. The van der Waals surface area contributed by atoms with Crippen LogP contribution < -0.4 is 10.1 Å². The maximum absolute atomic E-state index is 8.98. The van der Waals surface area contributed by atoms with E-state index in [4.69, 9.17) is 9.84 Å². The summed E-state index contributed by atoms with van der Waals surface area (Å²) in [4.78, 5) is 0. The second-order valence-corrected chi connectivity index (χ2v) is 2.72. The quantitative estimate of drug-likeness (QED) is 0.659. The van der Waals surface area contributed by atoms with Gasteiger partial charge in [-0.05, 0) is 13.1 Å². The Morgan fingerprint density at radius 3 is 2.85 bits per heavy atom. The summed E-state index contributed by atoms with van der Waals surface area (Å²) >= 11 is 0. The molecule has 0 aromatic heterocycles. The molecule has 0 saturated heterocycles. The molecule has 0 unspecified atom stereocenters. The van der Waals surface area contributed by atoms with Gasteiger partial charge in [0.25, 0.3) is 0 Å². The van der Waals surface area contributed by atoms with E-state index in [1.54, 1.807) is 0 Å². The molecule has 1 rings (SSSR count). The standard InChI is InChI=1S/C10H15NO2/c1-11-6-7-13-10-5-3-2-4-9(10)8-12/h2-5,11-12H,6-8H2,1H3. The van der Waals surface area contributed by atoms with Crippen molar-refractivity contribution in [2.45, 2.75) is 6.61 Å². The zero-order valence-electron chi connectivity index (χ0n) is 7.79. The third-order valence-corrected chi connectivity index (χ3v) is 1.75. The first kappa shape index (κ1) is 10.0. The van der Waals surface area contributed by atoms with E-state index in [-0.39, 0.29) is 6.61 Å². The number of rotatable bonds is 5. The van der Waals surface area contributed by atoms with Crippen molar-refractivity contribution in [1.82, 2.24) is 5.32 Å². The monoisotopic (exact) mass is 181 g/mol. The molecule has 1 aromatic rings. The lowest BCUT2D eigenvalue weighted by Crippen LogP contribution is -2.16. The van der Waals surface area contributed by atoms with Crippen LogP contribution in [0.4, 0.5) is 0 Å². The van der Waals surface area contributed by atoms with E-state index in [0.717, 1.165) is 17.9 Å². The van der Waals surface area contributed by atoms with Crippen LogP contribution in [0.15, 0.2) is 24.3 Å². The first-order valence-corrected chi connectivity index (χ1v) is 4.34. The lowest BCUT2D eigenvalue weighted by Gasteiger charge is -2.08. The third-order valence-electron chi connectivity index (χ3n) is 1.75. The molecule has 0 heterocycles. The summed E-state index contributed by atoms with van der Waals surface area (Å²) in [5.74, 6) is 0.764. The Hall–Kier alpha value is -1.06. The molecule has 0 bridgehead atoms. The van der Waals surface area contributed by atoms with Crippen LogP contribution in [0.2, 0.25) is 0 Å². The number of benzene rings is 1. The van der Waals surface area contributed by atoms with Crippen LogP contribution >= 0.6 is 0 Å². The zero-order valence-corrected chi connectivity index (χ0v) is 7.79. The number of aliphatic hydroxyl groups excluding tert-OH is 1. The van der Waals surface area contributed by atoms with Crippen molar-refractivity contribution in [3.05, 3.63) is 29.8 Å². The number of ether oxygens (including phenoxy) is 1. The molecular formula is C10H15NO2. The van der Waals surface area contributed by atoms with Crippen LogP contribution in [0.25, 0.3) is 0 Å². The number of hydrogen-bond acceptors (Lipinski definition) is 3. The van der Waals surface area contributed by atoms with Gasteiger partial charge in [0.1, 0.15) is 12.4 Å². The molecule has 0 radical (unpaired) electrons. The summed E-state index contributed by atoms with van der Waals surface area (Å²) in [6.07, 6.45) is 0. The smallest absolute Gasteiger partial charge is 0.124 e. The highest BCUT2D eigenvalue weighted by atomic mass is 16.5. The topological polar surface area (TPSA) is 41.5 Å². The Balaban J connectivity index is 2.54. The second-order valence-electron chi connectivity index (χ2n) is 2.72. The number of aliphatic hydroxyl groups is 1. The molecule has 1 aromatic carbocycles. The van der Waals surface area contributed by atoms with Gasteiger partial charge in [0.05, 0.1) is 6.61 Å². The molecule has 2 N–H and O–H groups in total. The fourth-order valence-corrected chi connectivity index (χ4v) is 1.04. The predicted octanol–water partition coefficient (Wildman–Crippen LogP) is 0.777. The summed E-state index contributed by atoms with van der Waals surface area (Å²) in [6.45, 7) is 1.45. The van der Waals surface area contributed by atoms with E-state index in [9.17, 15) is 0 Å². The van der Waals surface area contributed by atoms with Gasteiger partial charge in [-0.25, -0.2) is 0 Å². The molecule has 72 valence electrons. The van der Waals surface area contributed by atoms with Crippen molar-refractivity contribution in [2.24, 2.45) is 0 Å². The molecule has 0 saturated carbocycles. The van der Waals surface area contributed by atoms with Crippen LogP contribution in [0.1, 0.15) is 5.56 Å². The van der Waals surface area contributed by atoms with Gasteiger partial charge >= 0.3 is 0 Å². The maximum atomic E-state index is 8.98. The lowest BCUT2D eigenvalue weighted by atomic mass is 10.2. The molecule has 13 heavy (non-hydrogen) atoms. The fraction of sp³-hybridized carbons (Fsp3) is 0.400. The van der Waals surface area contributed by atoms with Crippen molar-refractivity contribution in [3.8, 4) is 5.75 Å². The molecule has 0 spiro atoms. The molecule has 0 aliphatic heterocycles. The molecule has 3 heteroatoms. The lowest BCUT2D eigenvalue weighted by molar-refractivity contribution is 0.263. The van der Waals surface area contributed by atoms with Gasteiger partial charge in [0.15, 0.2) is 0 Å². The van der Waals surface area contributed by atoms with E-state index in [0.29, 0.717) is 6.61 Å². The molecule has 0 atom stereocenters. The summed E-state index contributed by atoms with van der Waals surface area (Å²) in [5, 5.41) is 12.0. The average Bonchev–Trinajstić information content (AvgIpc) is 2.19. The summed E-state index contributed by atoms with van der Waals surface area (Å²) in [5.41, 5.74) is 0.832. The van der Waals surface area contributed by atoms with Crippen LogP contribution in [0.3, 0.4) is 0 Å². The Labute approximate surface area is 78.3 Å². The molecule has 0 aliphatic rings. The Morgan fingerprint density at radius 1 is 1.38 bits per heavy atom. The summed E-state index contributed by atoms with van der Waals surface area (Å²) < 4.78 is 5.45. The SMILES string of the molecule is CNCCOc1ccccc1CO. The van der Waals surface area contributed by atoms with Crippen molar-refractivity contribution < 1.29 is 9.84 Å². The first-order valence-electron chi connectivity index (χ1n) is 4.34. The maximum Gasteiger partial charge on any atom is 0.124 e. The zero-order chi connectivity index (χ0) is 9.52. The highest BCUT2D eigenvalue weighted by Crippen LogP contribution is 2.17. The van der Waals surface area contributed by atoms with Crippen LogP contribution in [0.5, 0.6) is 5.75 Å². The van der Waals surface area contributed by atoms with Crippen molar-refractivity contribution in [1.29, 1.82) is 0 Å². The van der Waals surface area contributed by atoms with Crippen LogP contribution in [-0.2, 0) is 6.61 Å². The largest absolute Gasteiger partial charge is 0.492 e. The van der Waals surface area contributed by atoms with Gasteiger partial charge in [-0.2, -0.15) is 0 Å². The molecular weight excluding hydrogens is 166 g/mol. The number of para-hydroxylation sites is 1. The summed E-state index contributed by atoms with van der Waals surface area (Å²) in [6, 6.07) is 7.50. The number of nitrogens with one attached hydrogen (secondary N) is 1. The van der Waals surface area contributed by atoms with Crippen molar-refractivity contribution in [3.63, 3.8) is 0 Å². The van der Waals surface area contributed by atoms with Gasteiger partial charge in [0, 0.05) is 12.1 Å². The van der Waals surface area contributed by atoms with Crippen LogP contribution in [-0.4, -0.2) is 25.3 Å². The number of likely N-dealkylation sites (N-methyl/N-ethyl adjacent to an activating group) is 1. The second kappa shape index (κ2) is 5.56. The minimum atomic E-state index is 0.0235. The Bertz CT molecular complexity index is 250. The van der Waals surface area contributed by atoms with E-state index in [1.165, 1.54) is 0 Å². The summed E-state index contributed by atoms with van der Waals surface area (Å²) in [7, 11) is 1.88. The number of hydrogen-bond donors (Lipinski definition) is 2. The van der Waals surface area contributed by atoms with E-state index in [2.05, 4.69) is 5.32 Å². The highest BCUT2D eigenvalue weighted by Gasteiger charge is 1.99. The molecule has 0 aliphatic carbocycles. The minimum Gasteiger partial charge on any atom is -0.492 e. The van der Waals surface area contributed by atoms with E-state index in [1.807, 2.05) is 31.3 Å². The van der Waals surface area contributed by atoms with Gasteiger partial charge in [-0.3, -0.25) is 0 Å². The van der Waals surface area contributed by atoms with Gasteiger partial charge in [-0.15, -0.1) is 0 Å². The Kier molecular flexibility index (Phi) is 4.29. The minimum absolute atomic E-state index is 0.0235. The average molecular weight is 181 g/mol.